The summed E-state index contributed by atoms with van der Waals surface area (Å²) in [7, 11) is 0. The Morgan fingerprint density at radius 1 is 0.470 bits per heavy atom. The molecule has 0 saturated carbocycles. The summed E-state index contributed by atoms with van der Waals surface area (Å²) in [6, 6.07) is 4.20. The number of aliphatic carboxylic acids is 2. The number of carboxylic acid groups (broad SMARTS) is 3. The minimum atomic E-state index is -1.21. The Hall–Kier alpha value is -4.90. The van der Waals surface area contributed by atoms with Crippen molar-refractivity contribution in [2.45, 2.75) is 108 Å². The highest BCUT2D eigenvalue weighted by molar-refractivity contribution is 9.09. The van der Waals surface area contributed by atoms with Gasteiger partial charge in [-0.1, -0.05) is 60.9 Å². The minimum absolute atomic E-state index is 0.0129. The molecule has 374 valence electrons. The van der Waals surface area contributed by atoms with Gasteiger partial charge in [-0.2, -0.15) is 0 Å². The molecular formula is C44H70BrN5O16. The number of hydrogen-bond donors (Lipinski definition) is 8. The van der Waals surface area contributed by atoms with Crippen molar-refractivity contribution in [1.29, 1.82) is 0 Å². The molecule has 21 nitrogen and oxygen atoms in total. The molecule has 0 aromatic heterocycles. The monoisotopic (exact) mass is 1000 g/mol. The van der Waals surface area contributed by atoms with Crippen LogP contribution in [-0.2, 0) is 52.5 Å². The lowest BCUT2D eigenvalue weighted by Gasteiger charge is -2.14. The van der Waals surface area contributed by atoms with E-state index < -0.39 is 35.9 Å². The van der Waals surface area contributed by atoms with Gasteiger partial charge in [0.1, 0.15) is 31.0 Å². The molecule has 0 unspecified atom stereocenters. The first-order valence-corrected chi connectivity index (χ1v) is 23.6. The molecule has 1 aromatic carbocycles. The van der Waals surface area contributed by atoms with E-state index in [2.05, 4.69) is 42.5 Å². The maximum Gasteiger partial charge on any atom is 0.335 e. The van der Waals surface area contributed by atoms with Crippen LogP contribution in [0.5, 0.6) is 5.75 Å². The number of benzene rings is 1. The van der Waals surface area contributed by atoms with Crippen LogP contribution in [0, 0.1) is 0 Å². The van der Waals surface area contributed by atoms with E-state index in [4.69, 9.17) is 33.9 Å². The van der Waals surface area contributed by atoms with Crippen molar-refractivity contribution in [3.8, 4) is 5.75 Å². The lowest BCUT2D eigenvalue weighted by molar-refractivity contribution is -0.142. The fourth-order valence-corrected chi connectivity index (χ4v) is 6.15. The molecular weight excluding hydrogens is 934 g/mol. The first-order valence-electron chi connectivity index (χ1n) is 22.5. The maximum absolute atomic E-state index is 12.3. The molecule has 0 aliphatic heterocycles. The lowest BCUT2D eigenvalue weighted by Crippen LogP contribution is -2.41. The van der Waals surface area contributed by atoms with Crippen LogP contribution in [0.2, 0.25) is 0 Å². The third kappa shape index (κ3) is 33.6. The van der Waals surface area contributed by atoms with Gasteiger partial charge < -0.3 is 65.6 Å². The minimum Gasteiger partial charge on any atom is -0.494 e. The average molecular weight is 1000 g/mol. The van der Waals surface area contributed by atoms with Crippen molar-refractivity contribution in [2.75, 3.05) is 84.4 Å². The van der Waals surface area contributed by atoms with Crippen LogP contribution >= 0.6 is 15.9 Å². The predicted molar refractivity (Wildman–Crippen MR) is 243 cm³/mol. The number of aromatic carboxylic acids is 1. The Morgan fingerprint density at radius 3 is 1.50 bits per heavy atom. The number of rotatable bonds is 43. The Labute approximate surface area is 394 Å². The molecule has 0 radical (unpaired) electrons. The number of nitrogens with one attached hydrogen (secondary N) is 5. The van der Waals surface area contributed by atoms with E-state index in [9.17, 15) is 43.5 Å². The molecule has 0 aliphatic carbocycles. The smallest absolute Gasteiger partial charge is 0.335 e. The van der Waals surface area contributed by atoms with Crippen LogP contribution in [0.4, 0.5) is 0 Å². The Morgan fingerprint density at radius 2 is 0.955 bits per heavy atom. The summed E-state index contributed by atoms with van der Waals surface area (Å²) >= 11 is 2.97. The Kier molecular flexibility index (Phi) is 35.2. The number of unbranched alkanes of at least 4 members (excludes halogenated alkanes) is 9. The van der Waals surface area contributed by atoms with E-state index in [1.54, 1.807) is 12.1 Å². The summed E-state index contributed by atoms with van der Waals surface area (Å²) in [6.45, 7) is 2.06. The summed E-state index contributed by atoms with van der Waals surface area (Å²) in [4.78, 5) is 93.5. The number of alkyl halides is 1. The van der Waals surface area contributed by atoms with Gasteiger partial charge in [0.2, 0.25) is 29.5 Å². The quantitative estimate of drug-likeness (QED) is 0.0344. The van der Waals surface area contributed by atoms with Crippen molar-refractivity contribution < 1.29 is 77.4 Å². The molecule has 0 spiro atoms. The van der Waals surface area contributed by atoms with Crippen LogP contribution in [-0.4, -0.2) is 159 Å². The number of carbonyl (C=O) groups excluding carboxylic acids is 5. The van der Waals surface area contributed by atoms with Gasteiger partial charge >= 0.3 is 17.9 Å². The Bertz CT molecular complexity index is 1570. The van der Waals surface area contributed by atoms with Gasteiger partial charge in [0, 0.05) is 32.5 Å². The summed E-state index contributed by atoms with van der Waals surface area (Å²) in [5.41, 5.74) is 0.226. The molecule has 0 fully saturated rings. The van der Waals surface area contributed by atoms with Crippen molar-refractivity contribution in [1.82, 2.24) is 26.6 Å². The number of halogens is 1. The van der Waals surface area contributed by atoms with Crippen molar-refractivity contribution in [2.24, 2.45) is 0 Å². The molecule has 22 heteroatoms. The fraction of sp³-hybridized carbons (Fsp3) is 0.682. The molecule has 0 saturated heterocycles. The standard InChI is InChI=1S/C44H70BrN5O16/c45-30-39(53)50-35(43(58)59)12-9-10-20-46-40(54)31-64-28-27-63-25-22-48-41(55)32-65-29-26-62-24-21-47-37(51)19-18-36(44(60)61)49-38(52)13-8-6-4-2-1-3-5-7-11-23-66-34-16-14-33(15-17-34)42(56)57/h14-17,35-36H,1-13,18-32H2,(H,46,54)(H,47,51)(H,48,55)(H,49,52)(H,50,53)(H,56,57)(H,58,59)(H,60,61)/t35-,36-/m0/s1. The second-order valence-electron chi connectivity index (χ2n) is 15.1. The number of ether oxygens (including phenoxy) is 5. The van der Waals surface area contributed by atoms with Crippen LogP contribution in [0.25, 0.3) is 0 Å². The topological polar surface area (TPSA) is 304 Å². The van der Waals surface area contributed by atoms with E-state index >= 15 is 0 Å². The molecule has 66 heavy (non-hydrogen) atoms. The normalized spacial score (nSPS) is 11.8. The second kappa shape index (κ2) is 39.3. The number of carbonyl (C=O) groups is 8. The van der Waals surface area contributed by atoms with Gasteiger partial charge in [-0.3, -0.25) is 24.0 Å². The van der Waals surface area contributed by atoms with Gasteiger partial charge in [0.05, 0.1) is 57.1 Å². The van der Waals surface area contributed by atoms with Crippen LogP contribution in [0.15, 0.2) is 24.3 Å². The van der Waals surface area contributed by atoms with Gasteiger partial charge in [0.25, 0.3) is 0 Å². The molecule has 8 N–H and O–H groups in total. The SMILES string of the molecule is O=C(CC[C@H](NC(=O)CCCCCCCCCCCOc1ccc(C(=O)O)cc1)C(=O)O)NCCOCCOCC(=O)NCCOCCOCC(=O)NCCCC[C@H](NC(=O)CBr)C(=O)O. The fourth-order valence-electron chi connectivity index (χ4n) is 5.98. The van der Waals surface area contributed by atoms with Crippen molar-refractivity contribution in [3.63, 3.8) is 0 Å². The molecule has 0 aliphatic rings. The van der Waals surface area contributed by atoms with Crippen LogP contribution in [0.3, 0.4) is 0 Å². The zero-order chi connectivity index (χ0) is 48.6. The summed E-state index contributed by atoms with van der Waals surface area (Å²) in [5, 5.41) is 40.5. The zero-order valence-corrected chi connectivity index (χ0v) is 39.4. The Balaban J connectivity index is 1.93. The third-order valence-electron chi connectivity index (χ3n) is 9.56. The molecule has 1 rings (SSSR count). The van der Waals surface area contributed by atoms with E-state index in [0.717, 1.165) is 51.4 Å². The maximum atomic E-state index is 12.3. The van der Waals surface area contributed by atoms with E-state index in [1.165, 1.54) is 12.1 Å². The molecule has 0 heterocycles. The highest BCUT2D eigenvalue weighted by Crippen LogP contribution is 2.14. The predicted octanol–water partition coefficient (Wildman–Crippen LogP) is 2.56. The first-order chi connectivity index (χ1) is 31.8. The molecule has 0 bridgehead atoms. The molecule has 5 amide bonds. The average Bonchev–Trinajstić information content (AvgIpc) is 3.29. The lowest BCUT2D eigenvalue weighted by atomic mass is 10.1. The van der Waals surface area contributed by atoms with Gasteiger partial charge in [-0.15, -0.1) is 0 Å². The van der Waals surface area contributed by atoms with Crippen molar-refractivity contribution in [3.05, 3.63) is 29.8 Å². The number of hydrogen-bond acceptors (Lipinski definition) is 13. The number of amides is 5. The van der Waals surface area contributed by atoms with Gasteiger partial charge in [-0.25, -0.2) is 14.4 Å². The van der Waals surface area contributed by atoms with Gasteiger partial charge in [-0.05, 0) is 62.8 Å². The third-order valence-corrected chi connectivity index (χ3v) is 10.1. The highest BCUT2D eigenvalue weighted by atomic mass is 79.9. The van der Waals surface area contributed by atoms with Crippen LogP contribution in [0.1, 0.15) is 107 Å². The number of carboxylic acids is 3. The summed E-state index contributed by atoms with van der Waals surface area (Å²) in [6.07, 6.45) is 10.1. The summed E-state index contributed by atoms with van der Waals surface area (Å²) in [5.74, 6) is -4.46. The highest BCUT2D eigenvalue weighted by Gasteiger charge is 2.21. The van der Waals surface area contributed by atoms with E-state index in [-0.39, 0.29) is 126 Å². The van der Waals surface area contributed by atoms with Crippen molar-refractivity contribution >= 4 is 63.4 Å². The van der Waals surface area contributed by atoms with Crippen LogP contribution < -0.4 is 31.3 Å². The van der Waals surface area contributed by atoms with E-state index in [1.807, 2.05) is 0 Å². The second-order valence-corrected chi connectivity index (χ2v) is 15.6. The zero-order valence-electron chi connectivity index (χ0n) is 37.8. The first kappa shape index (κ1) is 59.1. The molecule has 1 aromatic rings. The summed E-state index contributed by atoms with van der Waals surface area (Å²) < 4.78 is 26.9. The van der Waals surface area contributed by atoms with Gasteiger partial charge in [0.15, 0.2) is 0 Å². The molecule has 2 atom stereocenters. The largest absolute Gasteiger partial charge is 0.494 e. The van der Waals surface area contributed by atoms with E-state index in [0.29, 0.717) is 38.2 Å².